The number of hydrogen-bond acceptors (Lipinski definition) is 2. The molecular weight excluding hydrogens is 232 g/mol. The van der Waals surface area contributed by atoms with Crippen molar-refractivity contribution in [1.29, 1.82) is 0 Å². The van der Waals surface area contributed by atoms with E-state index in [0.717, 1.165) is 6.42 Å². The Morgan fingerprint density at radius 2 is 1.88 bits per heavy atom. The number of thiocarbonyl (C=S) groups is 1. The molecule has 17 heavy (non-hydrogen) atoms. The molecule has 1 aliphatic rings. The lowest BCUT2D eigenvalue weighted by molar-refractivity contribution is -0.127. The maximum Gasteiger partial charge on any atom is 0.232 e. The fourth-order valence-electron chi connectivity index (χ4n) is 2.17. The van der Waals surface area contributed by atoms with Gasteiger partial charge in [-0.25, -0.2) is 0 Å². The molecule has 3 nitrogen and oxygen atoms in total. The molecule has 1 saturated carbocycles. The quantitative estimate of drug-likeness (QED) is 0.602. The summed E-state index contributed by atoms with van der Waals surface area (Å²) in [6, 6.07) is 0.277. The summed E-state index contributed by atoms with van der Waals surface area (Å²) in [5, 5.41) is 3.12. The van der Waals surface area contributed by atoms with Gasteiger partial charge in [-0.05, 0) is 32.6 Å². The Morgan fingerprint density at radius 3 is 2.47 bits per heavy atom. The molecule has 1 fully saturated rings. The van der Waals surface area contributed by atoms with Crippen molar-refractivity contribution in [2.75, 3.05) is 0 Å². The Hall–Kier alpha value is -0.640. The normalized spacial score (nSPS) is 26.1. The van der Waals surface area contributed by atoms with E-state index in [9.17, 15) is 4.79 Å². The Kier molecular flexibility index (Phi) is 4.92. The van der Waals surface area contributed by atoms with Gasteiger partial charge < -0.3 is 11.1 Å². The highest BCUT2D eigenvalue weighted by atomic mass is 32.1. The minimum Gasteiger partial charge on any atom is -0.392 e. The monoisotopic (exact) mass is 256 g/mol. The minimum atomic E-state index is -0.749. The molecular formula is C13H24N2OS. The summed E-state index contributed by atoms with van der Waals surface area (Å²) in [4.78, 5) is 12.4. The van der Waals surface area contributed by atoms with Crippen LogP contribution in [0.5, 0.6) is 0 Å². The van der Waals surface area contributed by atoms with Crippen LogP contribution in [-0.4, -0.2) is 16.9 Å². The molecule has 0 aromatic rings. The zero-order valence-corrected chi connectivity index (χ0v) is 11.9. The molecule has 0 heterocycles. The molecule has 0 aliphatic heterocycles. The number of carbonyl (C=O) groups excluding carboxylic acids is 1. The van der Waals surface area contributed by atoms with E-state index in [2.05, 4.69) is 12.2 Å². The van der Waals surface area contributed by atoms with Crippen LogP contribution in [0.3, 0.4) is 0 Å². The molecule has 1 rings (SSSR count). The van der Waals surface area contributed by atoms with Gasteiger partial charge >= 0.3 is 0 Å². The molecule has 0 aromatic carbocycles. The van der Waals surface area contributed by atoms with Gasteiger partial charge in [0.25, 0.3) is 0 Å². The topological polar surface area (TPSA) is 55.1 Å². The Balaban J connectivity index is 2.63. The van der Waals surface area contributed by atoms with Crippen LogP contribution >= 0.6 is 12.2 Å². The summed E-state index contributed by atoms with van der Waals surface area (Å²) in [5.74, 6) is 0.507. The maximum absolute atomic E-state index is 12.2. The summed E-state index contributed by atoms with van der Waals surface area (Å²) in [6.45, 7) is 5.78. The fraction of sp³-hybridized carbons (Fsp3) is 0.846. The second-order valence-electron chi connectivity index (χ2n) is 5.68. The van der Waals surface area contributed by atoms with Crippen LogP contribution in [0.15, 0.2) is 0 Å². The van der Waals surface area contributed by atoms with E-state index in [1.165, 1.54) is 25.7 Å². The highest BCUT2D eigenvalue weighted by molar-refractivity contribution is 7.80. The van der Waals surface area contributed by atoms with E-state index in [1.54, 1.807) is 13.8 Å². The molecule has 0 aromatic heterocycles. The SMILES string of the molecule is CC1CCCCCC1NC(=O)C(C)(C)C(N)=S. The highest BCUT2D eigenvalue weighted by Crippen LogP contribution is 2.24. The number of hydrogen-bond donors (Lipinski definition) is 2. The molecule has 0 bridgehead atoms. The third kappa shape index (κ3) is 3.66. The van der Waals surface area contributed by atoms with E-state index < -0.39 is 5.41 Å². The van der Waals surface area contributed by atoms with Crippen molar-refractivity contribution >= 4 is 23.1 Å². The maximum atomic E-state index is 12.2. The largest absolute Gasteiger partial charge is 0.392 e. The van der Waals surface area contributed by atoms with Crippen LogP contribution in [0.1, 0.15) is 52.9 Å². The lowest BCUT2D eigenvalue weighted by atomic mass is 9.90. The van der Waals surface area contributed by atoms with Crippen LogP contribution in [0.4, 0.5) is 0 Å². The van der Waals surface area contributed by atoms with Gasteiger partial charge in [0.1, 0.15) is 0 Å². The van der Waals surface area contributed by atoms with Crippen LogP contribution < -0.4 is 11.1 Å². The zero-order chi connectivity index (χ0) is 13.1. The smallest absolute Gasteiger partial charge is 0.232 e. The van der Waals surface area contributed by atoms with Crippen molar-refractivity contribution in [2.24, 2.45) is 17.1 Å². The first kappa shape index (κ1) is 14.4. The van der Waals surface area contributed by atoms with Gasteiger partial charge in [-0.15, -0.1) is 0 Å². The molecule has 4 heteroatoms. The van der Waals surface area contributed by atoms with Gasteiger partial charge in [0, 0.05) is 6.04 Å². The van der Waals surface area contributed by atoms with Gasteiger partial charge in [0.2, 0.25) is 5.91 Å². The number of nitrogens with one attached hydrogen (secondary N) is 1. The van der Waals surface area contributed by atoms with Crippen molar-refractivity contribution < 1.29 is 4.79 Å². The van der Waals surface area contributed by atoms with Gasteiger partial charge in [-0.3, -0.25) is 4.79 Å². The Labute approximate surface area is 110 Å². The van der Waals surface area contributed by atoms with Crippen LogP contribution in [0.25, 0.3) is 0 Å². The molecule has 0 saturated heterocycles. The minimum absolute atomic E-state index is 0.0382. The van der Waals surface area contributed by atoms with Crippen LogP contribution in [-0.2, 0) is 4.79 Å². The molecule has 2 unspecified atom stereocenters. The van der Waals surface area contributed by atoms with E-state index in [4.69, 9.17) is 18.0 Å². The second-order valence-corrected chi connectivity index (χ2v) is 6.12. The molecule has 3 N–H and O–H groups in total. The molecule has 0 spiro atoms. The molecule has 0 radical (unpaired) electrons. The third-order valence-electron chi connectivity index (χ3n) is 3.86. The number of carbonyl (C=O) groups is 1. The second kappa shape index (κ2) is 5.80. The van der Waals surface area contributed by atoms with E-state index in [1.807, 2.05) is 0 Å². The molecule has 2 atom stereocenters. The fourth-order valence-corrected chi connectivity index (χ4v) is 2.26. The Bertz CT molecular complexity index is 302. The molecule has 98 valence electrons. The van der Waals surface area contributed by atoms with Gasteiger partial charge in [0.05, 0.1) is 10.4 Å². The standard InChI is InChI=1S/C13H24N2OS/c1-9-7-5-4-6-8-10(9)15-12(16)13(2,3)11(14)17/h9-10H,4-8H2,1-3H3,(H2,14,17)(H,15,16). The van der Waals surface area contributed by atoms with E-state index in [0.29, 0.717) is 5.92 Å². The van der Waals surface area contributed by atoms with Crippen molar-refractivity contribution in [1.82, 2.24) is 5.32 Å². The first-order valence-corrected chi connectivity index (χ1v) is 6.87. The molecule has 1 aliphatic carbocycles. The lowest BCUT2D eigenvalue weighted by Gasteiger charge is -2.28. The number of nitrogens with two attached hydrogens (primary N) is 1. The number of amides is 1. The Morgan fingerprint density at radius 1 is 1.29 bits per heavy atom. The summed E-state index contributed by atoms with van der Waals surface area (Å²) in [6.07, 6.45) is 6.00. The van der Waals surface area contributed by atoms with E-state index >= 15 is 0 Å². The van der Waals surface area contributed by atoms with Crippen LogP contribution in [0, 0.1) is 11.3 Å². The average molecular weight is 256 g/mol. The van der Waals surface area contributed by atoms with Gasteiger partial charge in [-0.2, -0.15) is 0 Å². The predicted molar refractivity (Wildman–Crippen MR) is 74.7 cm³/mol. The van der Waals surface area contributed by atoms with Crippen molar-refractivity contribution in [3.8, 4) is 0 Å². The lowest BCUT2D eigenvalue weighted by Crippen LogP contribution is -2.49. The first-order valence-electron chi connectivity index (χ1n) is 6.46. The van der Waals surface area contributed by atoms with Crippen molar-refractivity contribution in [3.05, 3.63) is 0 Å². The van der Waals surface area contributed by atoms with Crippen LogP contribution in [0.2, 0.25) is 0 Å². The summed E-state index contributed by atoms with van der Waals surface area (Å²) in [7, 11) is 0. The predicted octanol–water partition coefficient (Wildman–Crippen LogP) is 2.38. The number of rotatable bonds is 3. The summed E-state index contributed by atoms with van der Waals surface area (Å²) < 4.78 is 0. The summed E-state index contributed by atoms with van der Waals surface area (Å²) in [5.41, 5.74) is 4.86. The van der Waals surface area contributed by atoms with E-state index in [-0.39, 0.29) is 16.9 Å². The van der Waals surface area contributed by atoms with Gasteiger partial charge in [0.15, 0.2) is 0 Å². The summed E-state index contributed by atoms with van der Waals surface area (Å²) >= 11 is 4.95. The zero-order valence-electron chi connectivity index (χ0n) is 11.1. The first-order chi connectivity index (χ1) is 7.85. The third-order valence-corrected chi connectivity index (χ3v) is 4.37. The van der Waals surface area contributed by atoms with Crippen molar-refractivity contribution in [3.63, 3.8) is 0 Å². The molecule has 1 amide bonds. The van der Waals surface area contributed by atoms with Gasteiger partial charge in [-0.1, -0.05) is 38.4 Å². The van der Waals surface area contributed by atoms with Crippen molar-refractivity contribution in [2.45, 2.75) is 58.9 Å². The highest BCUT2D eigenvalue weighted by Gasteiger charge is 2.33. The average Bonchev–Trinajstić information content (AvgIpc) is 2.44.